The number of anilines is 2. The van der Waals surface area contributed by atoms with Crippen LogP contribution in [0.15, 0.2) is 23.2 Å². The lowest BCUT2D eigenvalue weighted by Gasteiger charge is -2.32. The number of aliphatic carboxylic acids is 1. The molecule has 8 nitrogen and oxygen atoms in total. The van der Waals surface area contributed by atoms with Gasteiger partial charge in [-0.2, -0.15) is 0 Å². The first-order chi connectivity index (χ1) is 12.4. The van der Waals surface area contributed by atoms with Crippen molar-refractivity contribution >= 4 is 35.4 Å². The molecule has 2 fully saturated rings. The smallest absolute Gasteiger partial charge is 0.306 e. The maximum absolute atomic E-state index is 11.8. The van der Waals surface area contributed by atoms with Gasteiger partial charge < -0.3 is 15.7 Å². The Morgan fingerprint density at radius 2 is 2.00 bits per heavy atom. The van der Waals surface area contributed by atoms with Gasteiger partial charge >= 0.3 is 5.97 Å². The number of carbonyl (C=O) groups excluding carboxylic acids is 2. The highest BCUT2D eigenvalue weighted by Crippen LogP contribution is 2.26. The fraction of sp³-hybridized carbons (Fsp3) is 0.444. The fourth-order valence-corrected chi connectivity index (χ4v) is 3.25. The minimum atomic E-state index is -0.737. The summed E-state index contributed by atoms with van der Waals surface area (Å²) in [5.74, 6) is -1.68. The van der Waals surface area contributed by atoms with E-state index in [1.165, 1.54) is 0 Å². The SMILES string of the molecule is Nc1ccc(N2CCC(C(=O)O)CC2)cc1C=NC1CCC(=O)NC1=O. The second-order valence-electron chi connectivity index (χ2n) is 6.66. The molecule has 1 atom stereocenters. The Morgan fingerprint density at radius 1 is 1.27 bits per heavy atom. The average molecular weight is 358 g/mol. The number of hydrogen-bond donors (Lipinski definition) is 3. The number of nitrogens with one attached hydrogen (secondary N) is 1. The summed E-state index contributed by atoms with van der Waals surface area (Å²) in [4.78, 5) is 40.4. The maximum Gasteiger partial charge on any atom is 0.306 e. The standard InChI is InChI=1S/C18H22N4O4/c19-14-2-1-13(22-7-5-11(6-8-22)18(25)26)9-12(14)10-20-15-3-4-16(23)21-17(15)24/h1-2,9-11,15H,3-8,19H2,(H,25,26)(H,21,23,24). The quantitative estimate of drug-likeness (QED) is 0.415. The predicted molar refractivity (Wildman–Crippen MR) is 97.2 cm³/mol. The molecule has 1 aromatic rings. The third kappa shape index (κ3) is 4.01. The molecule has 0 spiro atoms. The normalized spacial score (nSPS) is 21.8. The summed E-state index contributed by atoms with van der Waals surface area (Å²) in [6.07, 6.45) is 3.47. The molecule has 8 heteroatoms. The molecular weight excluding hydrogens is 336 g/mol. The fourth-order valence-electron chi connectivity index (χ4n) is 3.25. The van der Waals surface area contributed by atoms with Gasteiger partial charge in [0.2, 0.25) is 5.91 Å². The highest BCUT2D eigenvalue weighted by atomic mass is 16.4. The summed E-state index contributed by atoms with van der Waals surface area (Å²) in [6, 6.07) is 5.00. The number of nitrogen functional groups attached to an aromatic ring is 1. The molecule has 138 valence electrons. The molecule has 0 radical (unpaired) electrons. The summed E-state index contributed by atoms with van der Waals surface area (Å²) in [6.45, 7) is 1.34. The van der Waals surface area contributed by atoms with Gasteiger partial charge in [0.1, 0.15) is 6.04 Å². The van der Waals surface area contributed by atoms with Crippen molar-refractivity contribution in [3.05, 3.63) is 23.8 Å². The van der Waals surface area contributed by atoms with E-state index in [0.717, 1.165) is 5.69 Å². The first-order valence-electron chi connectivity index (χ1n) is 8.68. The number of carboxylic acid groups (broad SMARTS) is 1. The Bertz CT molecular complexity index is 754. The highest BCUT2D eigenvalue weighted by molar-refractivity contribution is 6.01. The molecule has 0 saturated carbocycles. The second kappa shape index (κ2) is 7.55. The largest absolute Gasteiger partial charge is 0.481 e. The molecule has 2 amide bonds. The Balaban J connectivity index is 1.70. The van der Waals surface area contributed by atoms with Gasteiger partial charge in [0, 0.05) is 42.7 Å². The molecule has 2 aliphatic rings. The Kier molecular flexibility index (Phi) is 5.20. The Morgan fingerprint density at radius 3 is 2.65 bits per heavy atom. The van der Waals surface area contributed by atoms with Crippen molar-refractivity contribution in [2.24, 2.45) is 10.9 Å². The number of piperidine rings is 2. The molecule has 2 heterocycles. The van der Waals surface area contributed by atoms with Gasteiger partial charge in [-0.3, -0.25) is 24.7 Å². The monoisotopic (exact) mass is 358 g/mol. The van der Waals surface area contributed by atoms with Crippen molar-refractivity contribution < 1.29 is 19.5 Å². The van der Waals surface area contributed by atoms with Crippen LogP contribution in [0.3, 0.4) is 0 Å². The van der Waals surface area contributed by atoms with Crippen LogP contribution in [0.4, 0.5) is 11.4 Å². The van der Waals surface area contributed by atoms with Crippen molar-refractivity contribution in [3.8, 4) is 0 Å². The number of carboxylic acids is 1. The molecule has 26 heavy (non-hydrogen) atoms. The van der Waals surface area contributed by atoms with Crippen LogP contribution in [0.25, 0.3) is 0 Å². The van der Waals surface area contributed by atoms with Crippen LogP contribution in [0, 0.1) is 5.92 Å². The zero-order valence-electron chi connectivity index (χ0n) is 14.4. The van der Waals surface area contributed by atoms with Crippen LogP contribution in [0.1, 0.15) is 31.2 Å². The number of aliphatic imine (C=N–C) groups is 1. The number of carbonyl (C=O) groups is 3. The number of amides is 2. The van der Waals surface area contributed by atoms with E-state index in [-0.39, 0.29) is 24.2 Å². The zero-order valence-corrected chi connectivity index (χ0v) is 14.4. The van der Waals surface area contributed by atoms with Crippen LogP contribution in [-0.4, -0.2) is 48.2 Å². The molecule has 4 N–H and O–H groups in total. The summed E-state index contributed by atoms with van der Waals surface area (Å²) in [5.41, 5.74) is 8.21. The lowest BCUT2D eigenvalue weighted by Crippen LogP contribution is -2.43. The lowest BCUT2D eigenvalue weighted by molar-refractivity contribution is -0.142. The topological polar surface area (TPSA) is 125 Å². The molecule has 2 saturated heterocycles. The summed E-state index contributed by atoms with van der Waals surface area (Å²) in [7, 11) is 0. The second-order valence-corrected chi connectivity index (χ2v) is 6.66. The van der Waals surface area contributed by atoms with E-state index in [2.05, 4.69) is 15.2 Å². The molecule has 2 aliphatic heterocycles. The van der Waals surface area contributed by atoms with E-state index in [1.807, 2.05) is 12.1 Å². The number of benzene rings is 1. The lowest BCUT2D eigenvalue weighted by atomic mass is 9.96. The molecule has 1 unspecified atom stereocenters. The molecular formula is C18H22N4O4. The van der Waals surface area contributed by atoms with Crippen molar-refractivity contribution in [1.82, 2.24) is 5.32 Å². The van der Waals surface area contributed by atoms with Gasteiger partial charge in [-0.05, 0) is 37.5 Å². The molecule has 0 bridgehead atoms. The van der Waals surface area contributed by atoms with E-state index >= 15 is 0 Å². The van der Waals surface area contributed by atoms with Crippen molar-refractivity contribution in [2.45, 2.75) is 31.7 Å². The average Bonchev–Trinajstić information content (AvgIpc) is 2.62. The van der Waals surface area contributed by atoms with E-state index in [0.29, 0.717) is 43.6 Å². The molecule has 0 aromatic heterocycles. The van der Waals surface area contributed by atoms with Crippen LogP contribution >= 0.6 is 0 Å². The van der Waals surface area contributed by atoms with Crippen molar-refractivity contribution in [2.75, 3.05) is 23.7 Å². The first kappa shape index (κ1) is 17.9. The van der Waals surface area contributed by atoms with Crippen LogP contribution in [-0.2, 0) is 14.4 Å². The van der Waals surface area contributed by atoms with Crippen LogP contribution in [0.2, 0.25) is 0 Å². The first-order valence-corrected chi connectivity index (χ1v) is 8.68. The molecule has 1 aromatic carbocycles. The third-order valence-electron chi connectivity index (χ3n) is 4.88. The number of rotatable bonds is 4. The van der Waals surface area contributed by atoms with Gasteiger partial charge in [-0.25, -0.2) is 0 Å². The van der Waals surface area contributed by atoms with Gasteiger partial charge in [0.05, 0.1) is 5.92 Å². The van der Waals surface area contributed by atoms with Gasteiger partial charge in [-0.1, -0.05) is 0 Å². The van der Waals surface area contributed by atoms with Crippen molar-refractivity contribution in [3.63, 3.8) is 0 Å². The number of imide groups is 1. The van der Waals surface area contributed by atoms with E-state index in [4.69, 9.17) is 10.8 Å². The minimum Gasteiger partial charge on any atom is -0.481 e. The summed E-state index contributed by atoms with van der Waals surface area (Å²) < 4.78 is 0. The van der Waals surface area contributed by atoms with E-state index < -0.39 is 12.0 Å². The van der Waals surface area contributed by atoms with E-state index in [9.17, 15) is 14.4 Å². The maximum atomic E-state index is 11.8. The third-order valence-corrected chi connectivity index (χ3v) is 4.88. The molecule has 0 aliphatic carbocycles. The predicted octanol–water partition coefficient (Wildman–Crippen LogP) is 0.794. The number of hydrogen-bond acceptors (Lipinski definition) is 6. The minimum absolute atomic E-state index is 0.271. The van der Waals surface area contributed by atoms with Gasteiger partial charge in [0.25, 0.3) is 5.91 Å². The summed E-state index contributed by atoms with van der Waals surface area (Å²) in [5, 5.41) is 11.4. The van der Waals surface area contributed by atoms with Crippen LogP contribution < -0.4 is 16.0 Å². The zero-order chi connectivity index (χ0) is 18.7. The number of nitrogens with two attached hydrogens (primary N) is 1. The van der Waals surface area contributed by atoms with E-state index in [1.54, 1.807) is 12.3 Å². The van der Waals surface area contributed by atoms with Gasteiger partial charge in [0.15, 0.2) is 0 Å². The van der Waals surface area contributed by atoms with Gasteiger partial charge in [-0.15, -0.1) is 0 Å². The molecule has 3 rings (SSSR count). The van der Waals surface area contributed by atoms with Crippen LogP contribution in [0.5, 0.6) is 0 Å². The van der Waals surface area contributed by atoms with Crippen molar-refractivity contribution in [1.29, 1.82) is 0 Å². The Hall–Kier alpha value is -2.90. The highest BCUT2D eigenvalue weighted by Gasteiger charge is 2.26. The summed E-state index contributed by atoms with van der Waals surface area (Å²) >= 11 is 0. The number of nitrogens with zero attached hydrogens (tertiary/aromatic N) is 2. The Labute approximate surface area is 151 Å².